The number of hydrogen-bond donors (Lipinski definition) is 0. The first-order valence-electron chi connectivity index (χ1n) is 10.6. The summed E-state index contributed by atoms with van der Waals surface area (Å²) in [5.74, 6) is -0.319. The largest absolute Gasteiger partial charge is 0.494 e. The molecule has 2 heterocycles. The first-order chi connectivity index (χ1) is 13.7. The fourth-order valence-corrected chi connectivity index (χ4v) is 3.67. The van der Waals surface area contributed by atoms with Crippen LogP contribution in [0.3, 0.4) is 0 Å². The van der Waals surface area contributed by atoms with E-state index in [4.69, 9.17) is 14.0 Å². The Morgan fingerprint density at radius 1 is 1.17 bits per heavy atom. The zero-order valence-corrected chi connectivity index (χ0v) is 19.4. The maximum Gasteiger partial charge on any atom is 0.494 e. The van der Waals surface area contributed by atoms with Crippen LogP contribution in [0.1, 0.15) is 55.4 Å². The number of halogens is 1. The van der Waals surface area contributed by atoms with E-state index in [1.54, 1.807) is 11.0 Å². The molecular formula is C22H34BFN2O4. The molecule has 8 heteroatoms. The third kappa shape index (κ3) is 4.59. The van der Waals surface area contributed by atoms with Gasteiger partial charge in [-0.15, -0.1) is 0 Å². The van der Waals surface area contributed by atoms with Crippen LogP contribution in [0.4, 0.5) is 14.9 Å². The molecule has 2 saturated heterocycles. The van der Waals surface area contributed by atoms with E-state index in [0.717, 1.165) is 0 Å². The molecule has 2 aliphatic rings. The van der Waals surface area contributed by atoms with Crippen LogP contribution >= 0.6 is 0 Å². The Kier molecular flexibility index (Phi) is 5.88. The highest BCUT2D eigenvalue weighted by atomic mass is 19.1. The van der Waals surface area contributed by atoms with E-state index in [-0.39, 0.29) is 18.0 Å². The number of carbonyl (C=O) groups is 1. The van der Waals surface area contributed by atoms with E-state index in [2.05, 4.69) is 0 Å². The zero-order chi connectivity index (χ0) is 22.5. The molecule has 0 spiro atoms. The van der Waals surface area contributed by atoms with Crippen LogP contribution in [-0.2, 0) is 14.0 Å². The fraction of sp³-hybridized carbons (Fsp3) is 0.682. The van der Waals surface area contributed by atoms with Crippen LogP contribution in [0.2, 0.25) is 0 Å². The van der Waals surface area contributed by atoms with Gasteiger partial charge in [0.25, 0.3) is 0 Å². The SMILES string of the molecule is CC1CN(c2ccc(B3OC(C)(C)C(C)(C)O3)cc2F)CCN1C(=O)OC(C)(C)C. The van der Waals surface area contributed by atoms with E-state index >= 15 is 4.39 Å². The summed E-state index contributed by atoms with van der Waals surface area (Å²) in [7, 11) is -0.596. The number of benzene rings is 1. The van der Waals surface area contributed by atoms with Gasteiger partial charge in [0, 0.05) is 25.7 Å². The van der Waals surface area contributed by atoms with E-state index in [1.165, 1.54) is 6.07 Å². The van der Waals surface area contributed by atoms with E-state index in [9.17, 15) is 4.79 Å². The third-order valence-electron chi connectivity index (χ3n) is 6.09. The van der Waals surface area contributed by atoms with Crippen LogP contribution in [0.15, 0.2) is 18.2 Å². The lowest BCUT2D eigenvalue weighted by molar-refractivity contribution is 0.00578. The van der Waals surface area contributed by atoms with Crippen LogP contribution in [-0.4, -0.2) is 60.6 Å². The lowest BCUT2D eigenvalue weighted by Gasteiger charge is -2.41. The standard InChI is InChI=1S/C22H34BFN2O4/c1-15-14-25(11-12-26(15)19(27)28-20(2,3)4)18-10-9-16(13-17(18)24)23-29-21(5,6)22(7,8)30-23/h9-10,13,15H,11-12,14H2,1-8H3. The summed E-state index contributed by atoms with van der Waals surface area (Å²) in [4.78, 5) is 16.1. The highest BCUT2D eigenvalue weighted by Crippen LogP contribution is 2.36. The lowest BCUT2D eigenvalue weighted by Crippen LogP contribution is -2.55. The predicted octanol–water partition coefficient (Wildman–Crippen LogP) is 3.57. The average Bonchev–Trinajstić information content (AvgIpc) is 2.80. The minimum atomic E-state index is -0.596. The van der Waals surface area contributed by atoms with Crippen molar-refractivity contribution in [1.29, 1.82) is 0 Å². The molecule has 2 fully saturated rings. The summed E-state index contributed by atoms with van der Waals surface area (Å²) in [6, 6.07) is 5.02. The normalized spacial score (nSPS) is 23.6. The lowest BCUT2D eigenvalue weighted by atomic mass is 9.79. The Hall–Kier alpha value is -1.80. The van der Waals surface area contributed by atoms with Gasteiger partial charge in [-0.3, -0.25) is 0 Å². The van der Waals surface area contributed by atoms with Crippen molar-refractivity contribution >= 4 is 24.4 Å². The minimum absolute atomic E-state index is 0.0872. The predicted molar refractivity (Wildman–Crippen MR) is 117 cm³/mol. The molecule has 1 aromatic carbocycles. The Morgan fingerprint density at radius 3 is 2.27 bits per heavy atom. The van der Waals surface area contributed by atoms with E-state index in [1.807, 2.05) is 66.4 Å². The number of hydrogen-bond acceptors (Lipinski definition) is 5. The first-order valence-corrected chi connectivity index (χ1v) is 10.6. The van der Waals surface area contributed by atoms with Crippen molar-refractivity contribution in [2.75, 3.05) is 24.5 Å². The van der Waals surface area contributed by atoms with E-state index < -0.39 is 23.9 Å². The van der Waals surface area contributed by atoms with Gasteiger partial charge in [0.1, 0.15) is 11.4 Å². The fourth-order valence-electron chi connectivity index (χ4n) is 3.67. The molecule has 1 atom stereocenters. The topological polar surface area (TPSA) is 51.2 Å². The monoisotopic (exact) mass is 420 g/mol. The molecule has 0 aliphatic carbocycles. The molecule has 166 valence electrons. The molecular weight excluding hydrogens is 386 g/mol. The van der Waals surface area contributed by atoms with Gasteiger partial charge in [-0.05, 0) is 73.0 Å². The second kappa shape index (κ2) is 7.72. The molecule has 3 rings (SSSR count). The molecule has 1 unspecified atom stereocenters. The minimum Gasteiger partial charge on any atom is -0.444 e. The maximum atomic E-state index is 15.0. The van der Waals surface area contributed by atoms with Crippen molar-refractivity contribution in [2.24, 2.45) is 0 Å². The van der Waals surface area contributed by atoms with Crippen molar-refractivity contribution in [3.8, 4) is 0 Å². The Balaban J connectivity index is 1.69. The summed E-state index contributed by atoms with van der Waals surface area (Å²) >= 11 is 0. The van der Waals surface area contributed by atoms with Gasteiger partial charge in [0.05, 0.1) is 16.9 Å². The molecule has 0 saturated carbocycles. The molecule has 1 amide bonds. The second-order valence-electron chi connectivity index (χ2n) is 10.3. The quantitative estimate of drug-likeness (QED) is 0.685. The van der Waals surface area contributed by atoms with Crippen LogP contribution < -0.4 is 10.4 Å². The molecule has 0 aromatic heterocycles. The summed E-state index contributed by atoms with van der Waals surface area (Å²) in [5.41, 5.74) is -0.301. The third-order valence-corrected chi connectivity index (χ3v) is 6.09. The second-order valence-corrected chi connectivity index (χ2v) is 10.3. The number of amides is 1. The molecule has 6 nitrogen and oxygen atoms in total. The molecule has 1 aromatic rings. The van der Waals surface area contributed by atoms with Gasteiger partial charge in [-0.25, -0.2) is 9.18 Å². The number of piperazine rings is 1. The van der Waals surface area contributed by atoms with Crippen LogP contribution in [0.25, 0.3) is 0 Å². The zero-order valence-electron chi connectivity index (χ0n) is 19.4. The highest BCUT2D eigenvalue weighted by Gasteiger charge is 2.51. The average molecular weight is 420 g/mol. The van der Waals surface area contributed by atoms with Crippen molar-refractivity contribution in [2.45, 2.75) is 78.2 Å². The molecule has 0 N–H and O–H groups in total. The smallest absolute Gasteiger partial charge is 0.444 e. The van der Waals surface area contributed by atoms with Crippen molar-refractivity contribution in [1.82, 2.24) is 4.90 Å². The summed E-state index contributed by atoms with van der Waals surface area (Å²) < 4.78 is 32.6. The number of rotatable bonds is 2. The van der Waals surface area contributed by atoms with Gasteiger partial charge in [-0.1, -0.05) is 6.07 Å². The van der Waals surface area contributed by atoms with Crippen molar-refractivity contribution in [3.05, 3.63) is 24.0 Å². The van der Waals surface area contributed by atoms with Gasteiger partial charge < -0.3 is 23.8 Å². The Labute approximate surface area is 179 Å². The van der Waals surface area contributed by atoms with Crippen molar-refractivity contribution < 1.29 is 23.2 Å². The van der Waals surface area contributed by atoms with Gasteiger partial charge in [0.2, 0.25) is 0 Å². The number of anilines is 1. The Bertz CT molecular complexity index is 793. The van der Waals surface area contributed by atoms with Gasteiger partial charge in [-0.2, -0.15) is 0 Å². The van der Waals surface area contributed by atoms with E-state index in [0.29, 0.717) is 30.8 Å². The first kappa shape index (κ1) is 22.9. The number of carbonyl (C=O) groups excluding carboxylic acids is 1. The Morgan fingerprint density at radius 2 is 1.77 bits per heavy atom. The van der Waals surface area contributed by atoms with Crippen LogP contribution in [0.5, 0.6) is 0 Å². The highest BCUT2D eigenvalue weighted by molar-refractivity contribution is 6.62. The molecule has 2 aliphatic heterocycles. The van der Waals surface area contributed by atoms with Gasteiger partial charge in [0.15, 0.2) is 0 Å². The number of ether oxygens (including phenoxy) is 1. The molecule has 0 bridgehead atoms. The molecule has 30 heavy (non-hydrogen) atoms. The maximum absolute atomic E-state index is 15.0. The summed E-state index contributed by atoms with van der Waals surface area (Å²) in [5, 5.41) is 0. The number of nitrogens with zero attached hydrogens (tertiary/aromatic N) is 2. The summed E-state index contributed by atoms with van der Waals surface area (Å²) in [6.07, 6.45) is -0.328. The van der Waals surface area contributed by atoms with Crippen LogP contribution in [0, 0.1) is 5.82 Å². The van der Waals surface area contributed by atoms with Crippen molar-refractivity contribution in [3.63, 3.8) is 0 Å². The summed E-state index contributed by atoms with van der Waals surface area (Å²) in [6.45, 7) is 17.0. The molecule has 0 radical (unpaired) electrons. The van der Waals surface area contributed by atoms with Gasteiger partial charge >= 0.3 is 13.2 Å².